The molecule has 1 aliphatic rings. The van der Waals surface area contributed by atoms with Crippen molar-refractivity contribution >= 4 is 23.1 Å². The van der Waals surface area contributed by atoms with E-state index in [0.29, 0.717) is 5.82 Å². The van der Waals surface area contributed by atoms with Gasteiger partial charge in [-0.25, -0.2) is 15.8 Å². The second-order valence-electron chi connectivity index (χ2n) is 4.23. The van der Waals surface area contributed by atoms with Crippen LogP contribution in [0.1, 0.15) is 25.7 Å². The molecule has 1 heterocycles. The lowest BCUT2D eigenvalue weighted by atomic mass is 9.92. The lowest BCUT2D eigenvalue weighted by Crippen LogP contribution is -2.50. The highest BCUT2D eigenvalue weighted by Crippen LogP contribution is 2.29. The Balaban J connectivity index is 2.23. The number of nitrogens with zero attached hydrogens (tertiary/aromatic N) is 3. The van der Waals surface area contributed by atoms with Crippen LogP contribution in [0.2, 0.25) is 5.15 Å². The van der Waals surface area contributed by atoms with Gasteiger partial charge in [-0.3, -0.25) is 5.01 Å². The van der Waals surface area contributed by atoms with Crippen LogP contribution in [-0.4, -0.2) is 27.2 Å². The van der Waals surface area contributed by atoms with E-state index in [4.69, 9.17) is 23.2 Å². The van der Waals surface area contributed by atoms with Gasteiger partial charge in [0.2, 0.25) is 0 Å². The summed E-state index contributed by atoms with van der Waals surface area (Å²) in [5.41, 5.74) is 6.02. The van der Waals surface area contributed by atoms with Gasteiger partial charge in [-0.1, -0.05) is 24.4 Å². The van der Waals surface area contributed by atoms with Crippen LogP contribution in [0.4, 0.5) is 11.5 Å². The maximum Gasteiger partial charge on any atom is 0.171 e. The SMILES string of the molecule is Nc1c(Cl)ncnc1N(N)C1CCCCC1O. The molecule has 1 aromatic heterocycles. The highest BCUT2D eigenvalue weighted by molar-refractivity contribution is 6.32. The first-order chi connectivity index (χ1) is 8.11. The maximum atomic E-state index is 9.92. The van der Waals surface area contributed by atoms with E-state index in [0.717, 1.165) is 25.7 Å². The van der Waals surface area contributed by atoms with Crippen LogP contribution in [0.5, 0.6) is 0 Å². The van der Waals surface area contributed by atoms with E-state index in [1.807, 2.05) is 0 Å². The van der Waals surface area contributed by atoms with Gasteiger partial charge in [0.05, 0.1) is 12.1 Å². The van der Waals surface area contributed by atoms with E-state index >= 15 is 0 Å². The molecule has 2 rings (SSSR count). The molecule has 2 unspecified atom stereocenters. The number of hydrazine groups is 1. The summed E-state index contributed by atoms with van der Waals surface area (Å²) in [6, 6.07) is -0.169. The van der Waals surface area contributed by atoms with Gasteiger partial charge in [0.15, 0.2) is 11.0 Å². The molecule has 1 aliphatic carbocycles. The van der Waals surface area contributed by atoms with Crippen molar-refractivity contribution in [2.45, 2.75) is 37.8 Å². The van der Waals surface area contributed by atoms with Crippen molar-refractivity contribution in [2.24, 2.45) is 5.84 Å². The zero-order chi connectivity index (χ0) is 12.4. The van der Waals surface area contributed by atoms with Crippen molar-refractivity contribution in [3.63, 3.8) is 0 Å². The van der Waals surface area contributed by atoms with Crippen molar-refractivity contribution < 1.29 is 5.11 Å². The minimum atomic E-state index is -0.457. The fraction of sp³-hybridized carbons (Fsp3) is 0.600. The summed E-state index contributed by atoms with van der Waals surface area (Å²) >= 11 is 5.81. The predicted octanol–water partition coefficient (Wildman–Crippen LogP) is 0.696. The van der Waals surface area contributed by atoms with Crippen LogP contribution in [0.15, 0.2) is 6.33 Å². The monoisotopic (exact) mass is 257 g/mol. The second-order valence-corrected chi connectivity index (χ2v) is 4.59. The first-order valence-corrected chi connectivity index (χ1v) is 5.97. The normalized spacial score (nSPS) is 24.6. The average Bonchev–Trinajstić information content (AvgIpc) is 2.32. The van der Waals surface area contributed by atoms with Gasteiger partial charge >= 0.3 is 0 Å². The topological polar surface area (TPSA) is 101 Å². The Morgan fingerprint density at radius 2 is 2.06 bits per heavy atom. The fourth-order valence-corrected chi connectivity index (χ4v) is 2.27. The largest absolute Gasteiger partial charge is 0.393 e. The minimum absolute atomic E-state index is 0.169. The second kappa shape index (κ2) is 5.03. The van der Waals surface area contributed by atoms with Gasteiger partial charge in [0, 0.05) is 0 Å². The third kappa shape index (κ3) is 2.43. The zero-order valence-electron chi connectivity index (χ0n) is 9.38. The van der Waals surface area contributed by atoms with E-state index in [2.05, 4.69) is 9.97 Å². The molecule has 0 bridgehead atoms. The zero-order valence-corrected chi connectivity index (χ0v) is 10.1. The molecule has 1 aromatic rings. The molecule has 6 nitrogen and oxygen atoms in total. The molecule has 0 spiro atoms. The molecule has 0 saturated heterocycles. The lowest BCUT2D eigenvalue weighted by Gasteiger charge is -2.35. The predicted molar refractivity (Wildman–Crippen MR) is 66.4 cm³/mol. The summed E-state index contributed by atoms with van der Waals surface area (Å²) < 4.78 is 0. The average molecular weight is 258 g/mol. The number of hydrogen-bond acceptors (Lipinski definition) is 6. The Labute approximate surface area is 105 Å². The molecule has 0 radical (unpaired) electrons. The summed E-state index contributed by atoms with van der Waals surface area (Å²) in [5.74, 6) is 6.35. The van der Waals surface area contributed by atoms with Gasteiger partial charge in [-0.15, -0.1) is 0 Å². The summed E-state index contributed by atoms with van der Waals surface area (Å²) in [7, 11) is 0. The standard InChI is InChI=1S/C10H16ClN5O/c11-9-8(12)10(15-5-14-9)16(13)6-3-1-2-4-7(6)17/h5-7,17H,1-4,12-13H2. The molecule has 94 valence electrons. The van der Waals surface area contributed by atoms with Crippen LogP contribution in [0, 0.1) is 0 Å². The third-order valence-corrected chi connectivity index (χ3v) is 3.41. The van der Waals surface area contributed by atoms with Crippen molar-refractivity contribution in [3.8, 4) is 0 Å². The first kappa shape index (κ1) is 12.3. The number of aliphatic hydroxyl groups is 1. The molecule has 0 aromatic carbocycles. The highest BCUT2D eigenvalue weighted by Gasteiger charge is 2.29. The number of rotatable bonds is 2. The number of hydrogen-bond donors (Lipinski definition) is 3. The molecule has 1 fully saturated rings. The molecule has 2 atom stereocenters. The van der Waals surface area contributed by atoms with Gasteiger partial charge in [0.1, 0.15) is 12.0 Å². The molecule has 7 heteroatoms. The Morgan fingerprint density at radius 3 is 2.76 bits per heavy atom. The Morgan fingerprint density at radius 1 is 1.35 bits per heavy atom. The van der Waals surface area contributed by atoms with E-state index in [9.17, 15) is 5.11 Å². The number of anilines is 2. The van der Waals surface area contributed by atoms with Crippen LogP contribution in [0.3, 0.4) is 0 Å². The fourth-order valence-electron chi connectivity index (χ4n) is 2.14. The Hall–Kier alpha value is -1.11. The minimum Gasteiger partial charge on any atom is -0.393 e. The number of nitrogen functional groups attached to an aromatic ring is 1. The van der Waals surface area contributed by atoms with E-state index in [1.54, 1.807) is 0 Å². The number of aliphatic hydroxyl groups excluding tert-OH is 1. The smallest absolute Gasteiger partial charge is 0.171 e. The molecular formula is C10H16ClN5O. The summed E-state index contributed by atoms with van der Waals surface area (Å²) in [4.78, 5) is 7.79. The van der Waals surface area contributed by atoms with E-state index < -0.39 is 6.10 Å². The van der Waals surface area contributed by atoms with Crippen LogP contribution in [0.25, 0.3) is 0 Å². The van der Waals surface area contributed by atoms with Gasteiger partial charge in [-0.2, -0.15) is 0 Å². The number of halogens is 1. The third-order valence-electron chi connectivity index (χ3n) is 3.11. The van der Waals surface area contributed by atoms with E-state index in [-0.39, 0.29) is 16.9 Å². The van der Waals surface area contributed by atoms with Gasteiger partial charge in [0.25, 0.3) is 0 Å². The number of nitrogens with two attached hydrogens (primary N) is 2. The Kier molecular flexibility index (Phi) is 3.66. The highest BCUT2D eigenvalue weighted by atomic mass is 35.5. The van der Waals surface area contributed by atoms with Crippen LogP contribution >= 0.6 is 11.6 Å². The molecule has 5 N–H and O–H groups in total. The quantitative estimate of drug-likeness (QED) is 0.409. The molecule has 17 heavy (non-hydrogen) atoms. The molecular weight excluding hydrogens is 242 g/mol. The first-order valence-electron chi connectivity index (χ1n) is 5.59. The van der Waals surface area contributed by atoms with Crippen molar-refractivity contribution in [2.75, 3.05) is 10.7 Å². The molecule has 0 amide bonds. The maximum absolute atomic E-state index is 9.92. The lowest BCUT2D eigenvalue weighted by molar-refractivity contribution is 0.104. The van der Waals surface area contributed by atoms with E-state index in [1.165, 1.54) is 11.3 Å². The van der Waals surface area contributed by atoms with Crippen molar-refractivity contribution in [1.82, 2.24) is 9.97 Å². The van der Waals surface area contributed by atoms with Crippen LogP contribution < -0.4 is 16.6 Å². The van der Waals surface area contributed by atoms with Crippen molar-refractivity contribution in [1.29, 1.82) is 0 Å². The number of aromatic nitrogens is 2. The summed E-state index contributed by atoms with van der Waals surface area (Å²) in [6.07, 6.45) is 4.47. The Bertz CT molecular complexity index is 402. The van der Waals surface area contributed by atoms with Gasteiger partial charge in [-0.05, 0) is 12.8 Å². The van der Waals surface area contributed by atoms with Gasteiger partial charge < -0.3 is 10.8 Å². The molecule has 1 saturated carbocycles. The molecule has 0 aliphatic heterocycles. The summed E-state index contributed by atoms with van der Waals surface area (Å²) in [5, 5.41) is 11.5. The van der Waals surface area contributed by atoms with Crippen LogP contribution in [-0.2, 0) is 0 Å². The van der Waals surface area contributed by atoms with Crippen molar-refractivity contribution in [3.05, 3.63) is 11.5 Å². The summed E-state index contributed by atoms with van der Waals surface area (Å²) in [6.45, 7) is 0.